The molecule has 0 aliphatic heterocycles. The van der Waals surface area contributed by atoms with Crippen molar-refractivity contribution in [2.24, 2.45) is 0 Å². The molecule has 1 aliphatic rings. The monoisotopic (exact) mass is 332 g/mol. The highest BCUT2D eigenvalue weighted by atomic mass is 16.6. The highest BCUT2D eigenvalue weighted by Crippen LogP contribution is 2.32. The van der Waals surface area contributed by atoms with Gasteiger partial charge >= 0.3 is 0 Å². The van der Waals surface area contributed by atoms with E-state index < -0.39 is 0 Å². The van der Waals surface area contributed by atoms with Gasteiger partial charge in [0.2, 0.25) is 0 Å². The van der Waals surface area contributed by atoms with Crippen molar-refractivity contribution in [3.63, 3.8) is 0 Å². The zero-order chi connectivity index (χ0) is 17.2. The van der Waals surface area contributed by atoms with E-state index in [9.17, 15) is 10.1 Å². The van der Waals surface area contributed by atoms with E-state index in [0.717, 1.165) is 30.6 Å². The Bertz CT molecular complexity index is 896. The number of rotatable bonds is 4. The van der Waals surface area contributed by atoms with E-state index in [1.807, 2.05) is 18.2 Å². The molecular weight excluding hydrogens is 312 g/mol. The summed E-state index contributed by atoms with van der Waals surface area (Å²) in [6, 6.07) is 19.6. The fraction of sp³-hybridized carbons (Fsp3) is 0.238. The van der Waals surface area contributed by atoms with Crippen molar-refractivity contribution in [3.8, 4) is 11.3 Å². The van der Waals surface area contributed by atoms with Crippen LogP contribution < -0.4 is 0 Å². The Labute approximate surface area is 146 Å². The van der Waals surface area contributed by atoms with E-state index in [1.165, 1.54) is 29.7 Å². The van der Waals surface area contributed by atoms with Crippen LogP contribution in [0.5, 0.6) is 0 Å². The van der Waals surface area contributed by atoms with Gasteiger partial charge in [-0.05, 0) is 60.6 Å². The molecule has 0 saturated carbocycles. The number of hydrogen-bond donors (Lipinski definition) is 0. The number of aryl methyl sites for hydroxylation is 1. The van der Waals surface area contributed by atoms with Crippen molar-refractivity contribution < 1.29 is 4.92 Å². The molecule has 4 nitrogen and oxygen atoms in total. The molecule has 0 spiro atoms. The molecule has 1 aromatic heterocycles. The number of nitro groups is 1. The fourth-order valence-electron chi connectivity index (χ4n) is 3.70. The second-order valence-corrected chi connectivity index (χ2v) is 6.58. The summed E-state index contributed by atoms with van der Waals surface area (Å²) in [6.07, 6.45) is 4.69. The SMILES string of the molecule is O=[N+]([O-])c1ccc(-c2cc3c(n2Cc2ccccc2)CCCC3)cc1. The highest BCUT2D eigenvalue weighted by molar-refractivity contribution is 5.64. The molecule has 0 unspecified atom stereocenters. The topological polar surface area (TPSA) is 48.1 Å². The molecule has 0 bridgehead atoms. The smallest absolute Gasteiger partial charge is 0.269 e. The first-order valence-corrected chi connectivity index (χ1v) is 8.72. The van der Waals surface area contributed by atoms with Crippen molar-refractivity contribution in [1.29, 1.82) is 0 Å². The molecule has 1 aliphatic carbocycles. The van der Waals surface area contributed by atoms with Gasteiger partial charge < -0.3 is 4.57 Å². The Morgan fingerprint density at radius 3 is 2.40 bits per heavy atom. The predicted octanol–water partition coefficient (Wildman–Crippen LogP) is 4.99. The molecule has 0 saturated heterocycles. The van der Waals surface area contributed by atoms with E-state index in [0.29, 0.717) is 0 Å². The normalized spacial score (nSPS) is 13.4. The molecule has 0 N–H and O–H groups in total. The Morgan fingerprint density at radius 1 is 0.960 bits per heavy atom. The van der Waals surface area contributed by atoms with Crippen molar-refractivity contribution in [2.75, 3.05) is 0 Å². The Morgan fingerprint density at radius 2 is 1.68 bits per heavy atom. The molecule has 0 atom stereocenters. The third-order valence-electron chi connectivity index (χ3n) is 4.97. The molecule has 4 rings (SSSR count). The minimum Gasteiger partial charge on any atom is -0.340 e. The summed E-state index contributed by atoms with van der Waals surface area (Å²) in [4.78, 5) is 10.6. The molecule has 126 valence electrons. The lowest BCUT2D eigenvalue weighted by atomic mass is 9.98. The van der Waals surface area contributed by atoms with Gasteiger partial charge in [0.15, 0.2) is 0 Å². The third kappa shape index (κ3) is 3.07. The Hall–Kier alpha value is -2.88. The molecule has 4 heteroatoms. The van der Waals surface area contributed by atoms with E-state index in [1.54, 1.807) is 12.1 Å². The first kappa shape index (κ1) is 15.6. The maximum Gasteiger partial charge on any atom is 0.269 e. The minimum absolute atomic E-state index is 0.134. The van der Waals surface area contributed by atoms with Crippen LogP contribution in [0.25, 0.3) is 11.3 Å². The van der Waals surface area contributed by atoms with Gasteiger partial charge in [-0.25, -0.2) is 0 Å². The first-order valence-electron chi connectivity index (χ1n) is 8.72. The zero-order valence-corrected chi connectivity index (χ0v) is 14.0. The van der Waals surface area contributed by atoms with Gasteiger partial charge in [-0.2, -0.15) is 0 Å². The summed E-state index contributed by atoms with van der Waals surface area (Å²) in [5.74, 6) is 0. The van der Waals surface area contributed by atoms with Crippen LogP contribution in [-0.4, -0.2) is 9.49 Å². The predicted molar refractivity (Wildman–Crippen MR) is 98.7 cm³/mol. The fourth-order valence-corrected chi connectivity index (χ4v) is 3.70. The van der Waals surface area contributed by atoms with Crippen molar-refractivity contribution >= 4 is 5.69 Å². The summed E-state index contributed by atoms with van der Waals surface area (Å²) >= 11 is 0. The van der Waals surface area contributed by atoms with Crippen LogP contribution in [0.2, 0.25) is 0 Å². The van der Waals surface area contributed by atoms with Gasteiger partial charge in [0, 0.05) is 30.1 Å². The number of fused-ring (bicyclic) bond motifs is 1. The number of nitrogens with zero attached hydrogens (tertiary/aromatic N) is 2. The van der Waals surface area contributed by atoms with Gasteiger partial charge in [-0.15, -0.1) is 0 Å². The Kier molecular flexibility index (Phi) is 4.10. The minimum atomic E-state index is -0.349. The maximum atomic E-state index is 10.9. The second kappa shape index (κ2) is 6.55. The van der Waals surface area contributed by atoms with Crippen LogP contribution >= 0.6 is 0 Å². The van der Waals surface area contributed by atoms with Crippen LogP contribution in [0.1, 0.15) is 29.7 Å². The highest BCUT2D eigenvalue weighted by Gasteiger charge is 2.19. The molecular formula is C21H20N2O2. The quantitative estimate of drug-likeness (QED) is 0.499. The summed E-state index contributed by atoms with van der Waals surface area (Å²) < 4.78 is 2.39. The molecule has 0 fully saturated rings. The van der Waals surface area contributed by atoms with Gasteiger partial charge in [0.05, 0.1) is 4.92 Å². The zero-order valence-electron chi connectivity index (χ0n) is 14.0. The largest absolute Gasteiger partial charge is 0.340 e. The average Bonchev–Trinajstić information content (AvgIpc) is 3.01. The number of non-ortho nitro benzene ring substituents is 1. The van der Waals surface area contributed by atoms with Crippen LogP contribution in [0, 0.1) is 10.1 Å². The molecule has 1 heterocycles. The number of benzene rings is 2. The summed E-state index contributed by atoms with van der Waals surface area (Å²) in [6.45, 7) is 0.836. The summed E-state index contributed by atoms with van der Waals surface area (Å²) in [5.41, 5.74) is 6.45. The van der Waals surface area contributed by atoms with Crippen LogP contribution in [0.4, 0.5) is 5.69 Å². The van der Waals surface area contributed by atoms with Crippen molar-refractivity contribution in [2.45, 2.75) is 32.2 Å². The lowest BCUT2D eigenvalue weighted by molar-refractivity contribution is -0.384. The number of aromatic nitrogens is 1. The lowest BCUT2D eigenvalue weighted by Crippen LogP contribution is -2.10. The third-order valence-corrected chi connectivity index (χ3v) is 4.97. The van der Waals surface area contributed by atoms with E-state index >= 15 is 0 Å². The Balaban J connectivity index is 1.78. The van der Waals surface area contributed by atoms with Crippen LogP contribution in [0.3, 0.4) is 0 Å². The van der Waals surface area contributed by atoms with Gasteiger partial charge in [-0.3, -0.25) is 10.1 Å². The lowest BCUT2D eigenvalue weighted by Gasteiger charge is -2.17. The molecule has 2 aromatic carbocycles. The van der Waals surface area contributed by atoms with Crippen LogP contribution in [-0.2, 0) is 19.4 Å². The van der Waals surface area contributed by atoms with Gasteiger partial charge in [0.1, 0.15) is 0 Å². The second-order valence-electron chi connectivity index (χ2n) is 6.58. The number of nitro benzene ring substituents is 1. The molecule has 25 heavy (non-hydrogen) atoms. The number of hydrogen-bond acceptors (Lipinski definition) is 2. The summed E-state index contributed by atoms with van der Waals surface area (Å²) in [5, 5.41) is 10.9. The van der Waals surface area contributed by atoms with E-state index in [4.69, 9.17) is 0 Å². The summed E-state index contributed by atoms with van der Waals surface area (Å²) in [7, 11) is 0. The van der Waals surface area contributed by atoms with E-state index in [2.05, 4.69) is 34.9 Å². The van der Waals surface area contributed by atoms with E-state index in [-0.39, 0.29) is 10.6 Å². The van der Waals surface area contributed by atoms with Crippen LogP contribution in [0.15, 0.2) is 60.7 Å². The maximum absolute atomic E-state index is 10.9. The first-order chi connectivity index (χ1) is 12.2. The molecule has 0 radical (unpaired) electrons. The van der Waals surface area contributed by atoms with Crippen molar-refractivity contribution in [1.82, 2.24) is 4.57 Å². The average molecular weight is 332 g/mol. The molecule has 0 amide bonds. The van der Waals surface area contributed by atoms with Gasteiger partial charge in [0.25, 0.3) is 5.69 Å². The van der Waals surface area contributed by atoms with Gasteiger partial charge in [-0.1, -0.05) is 30.3 Å². The van der Waals surface area contributed by atoms with Crippen molar-refractivity contribution in [3.05, 3.63) is 87.6 Å². The molecule has 3 aromatic rings. The standard InChI is InChI=1S/C21H20N2O2/c24-23(25)19-12-10-17(11-13-19)21-14-18-8-4-5-9-20(18)22(21)15-16-6-2-1-3-7-16/h1-3,6-7,10-14H,4-5,8-9,15H2.